The number of rotatable bonds is 2. The smallest absolute Gasteiger partial charge is 0.330 e. The zero-order valence-electron chi connectivity index (χ0n) is 9.53. The van der Waals surface area contributed by atoms with Crippen LogP contribution in [0.15, 0.2) is 11.8 Å². The minimum Gasteiger partial charge on any atom is -0.479 e. The third kappa shape index (κ3) is 1.97. The van der Waals surface area contributed by atoms with Gasteiger partial charge in [-0.15, -0.1) is 11.8 Å². The number of carboxylic acids is 1. The Kier molecular flexibility index (Phi) is 3.31. The average molecular weight is 272 g/mol. The number of carbonyl (C=O) groups excluding carboxylic acids is 2. The van der Waals surface area contributed by atoms with Crippen LogP contribution in [-0.4, -0.2) is 51.1 Å². The van der Waals surface area contributed by atoms with Crippen LogP contribution in [0.3, 0.4) is 0 Å². The lowest BCUT2D eigenvalue weighted by molar-refractivity contribution is -0.158. The number of hydrogen-bond donors (Lipinski definition) is 2. The van der Waals surface area contributed by atoms with Crippen LogP contribution in [0.2, 0.25) is 0 Å². The van der Waals surface area contributed by atoms with E-state index in [0.29, 0.717) is 11.3 Å². The van der Waals surface area contributed by atoms with Crippen molar-refractivity contribution in [3.05, 3.63) is 11.8 Å². The number of esters is 1. The molecule has 2 saturated heterocycles. The molecule has 8 heteroatoms. The Labute approximate surface area is 107 Å². The van der Waals surface area contributed by atoms with E-state index in [0.717, 1.165) is 6.26 Å². The van der Waals surface area contributed by atoms with Crippen LogP contribution in [0, 0.1) is 0 Å². The predicted octanol–water partition coefficient (Wildman–Crippen LogP) is -0.871. The fraction of sp³-hybridized carbons (Fsp3) is 0.500. The minimum absolute atomic E-state index is 0.312. The number of hydrogen-bond acceptors (Lipinski definition) is 6. The highest BCUT2D eigenvalue weighted by Crippen LogP contribution is 2.39. The molecular formula is C10H12N2O5S. The number of amides is 1. The van der Waals surface area contributed by atoms with E-state index < -0.39 is 29.9 Å². The van der Waals surface area contributed by atoms with Crippen molar-refractivity contribution >= 4 is 29.6 Å². The van der Waals surface area contributed by atoms with Gasteiger partial charge in [0.2, 0.25) is 5.91 Å². The van der Waals surface area contributed by atoms with Crippen molar-refractivity contribution in [1.82, 2.24) is 4.90 Å². The van der Waals surface area contributed by atoms with Gasteiger partial charge >= 0.3 is 11.9 Å². The molecule has 0 aromatic carbocycles. The van der Waals surface area contributed by atoms with E-state index in [1.54, 1.807) is 0 Å². The zero-order chi connectivity index (χ0) is 13.4. The maximum Gasteiger partial charge on any atom is 0.330 e. The van der Waals surface area contributed by atoms with E-state index in [1.807, 2.05) is 0 Å². The fourth-order valence-corrected chi connectivity index (χ4v) is 3.24. The third-order valence-corrected chi connectivity index (χ3v) is 4.14. The van der Waals surface area contributed by atoms with Gasteiger partial charge in [-0.05, 0) is 0 Å². The van der Waals surface area contributed by atoms with Gasteiger partial charge in [0.15, 0.2) is 6.04 Å². The first-order valence-electron chi connectivity index (χ1n) is 5.22. The van der Waals surface area contributed by atoms with Gasteiger partial charge < -0.3 is 20.5 Å². The van der Waals surface area contributed by atoms with Crippen LogP contribution in [0.4, 0.5) is 0 Å². The summed E-state index contributed by atoms with van der Waals surface area (Å²) in [6.45, 7) is 1.22. The molecule has 18 heavy (non-hydrogen) atoms. The van der Waals surface area contributed by atoms with Gasteiger partial charge in [0.1, 0.15) is 11.4 Å². The number of nitrogens with two attached hydrogens (primary N) is 1. The summed E-state index contributed by atoms with van der Waals surface area (Å²) in [5.74, 6) is -1.72. The summed E-state index contributed by atoms with van der Waals surface area (Å²) in [7, 11) is 0. The first-order chi connectivity index (χ1) is 8.43. The molecule has 3 N–H and O–H groups in total. The van der Waals surface area contributed by atoms with Gasteiger partial charge in [-0.2, -0.15) is 0 Å². The lowest BCUT2D eigenvalue weighted by Gasteiger charge is -2.51. The number of carboxylic acid groups (broad SMARTS) is 1. The van der Waals surface area contributed by atoms with E-state index in [4.69, 9.17) is 5.73 Å². The highest BCUT2D eigenvalue weighted by Gasteiger charge is 2.54. The number of β-lactam (4-membered cyclic amide) rings is 1. The Morgan fingerprint density at radius 1 is 1.61 bits per heavy atom. The number of fused-ring (bicyclic) bond motifs is 1. The number of carbonyl (C=O) groups is 3. The molecule has 2 fully saturated rings. The molecule has 0 aliphatic carbocycles. The van der Waals surface area contributed by atoms with E-state index >= 15 is 0 Å². The predicted molar refractivity (Wildman–Crippen MR) is 62.3 cm³/mol. The van der Waals surface area contributed by atoms with E-state index in [9.17, 15) is 19.5 Å². The quantitative estimate of drug-likeness (QED) is 0.382. The molecule has 0 saturated carbocycles. The second-order valence-corrected chi connectivity index (χ2v) is 5.12. The summed E-state index contributed by atoms with van der Waals surface area (Å²) in [6.07, 6.45) is 1.11. The molecule has 3 atom stereocenters. The van der Waals surface area contributed by atoms with E-state index in [2.05, 4.69) is 4.74 Å². The first-order valence-corrected chi connectivity index (χ1v) is 6.26. The number of nitrogens with zero attached hydrogens (tertiary/aromatic N) is 1. The molecular weight excluding hydrogens is 260 g/mol. The van der Waals surface area contributed by atoms with Crippen LogP contribution in [-0.2, 0) is 19.1 Å². The summed E-state index contributed by atoms with van der Waals surface area (Å²) in [5, 5.41) is 8.86. The Bertz CT molecular complexity index is 450. The maximum atomic E-state index is 11.6. The summed E-state index contributed by atoms with van der Waals surface area (Å²) >= 11 is 1.36. The Hall–Kier alpha value is -1.54. The Morgan fingerprint density at radius 3 is 2.83 bits per heavy atom. The van der Waals surface area contributed by atoms with Gasteiger partial charge in [0.25, 0.3) is 0 Å². The lowest BCUT2D eigenvalue weighted by Crippen LogP contribution is -2.73. The molecule has 2 heterocycles. The van der Waals surface area contributed by atoms with Gasteiger partial charge in [0.05, 0.1) is 6.26 Å². The lowest BCUT2D eigenvalue weighted by atomic mass is 9.99. The SMILES string of the molecule is CC(=O)OC=C1CS[C@@H]2C(N)C(=O)N2C1C(=O)O. The standard InChI is InChI=1S/C10H12N2O5S/c1-4(13)17-2-5-3-18-9-6(11)8(14)12(9)7(5)10(15)16/h2,6-7,9H,3,11H2,1H3,(H,15,16)/t6?,7?,9-/m1/s1. The molecule has 2 rings (SSSR count). The van der Waals surface area contributed by atoms with Crippen LogP contribution in [0.1, 0.15) is 6.92 Å². The largest absolute Gasteiger partial charge is 0.479 e. The van der Waals surface area contributed by atoms with Crippen molar-refractivity contribution in [2.75, 3.05) is 5.75 Å². The fourth-order valence-electron chi connectivity index (χ4n) is 1.94. The molecule has 0 aromatic rings. The molecule has 7 nitrogen and oxygen atoms in total. The summed E-state index contributed by atoms with van der Waals surface area (Å²) in [5.41, 5.74) is 5.97. The highest BCUT2D eigenvalue weighted by molar-refractivity contribution is 8.00. The van der Waals surface area contributed by atoms with Gasteiger partial charge in [-0.1, -0.05) is 0 Å². The molecule has 1 amide bonds. The van der Waals surface area contributed by atoms with Crippen LogP contribution < -0.4 is 5.73 Å². The second-order valence-electron chi connectivity index (χ2n) is 4.02. The van der Waals surface area contributed by atoms with E-state index in [-0.39, 0.29) is 5.37 Å². The Morgan fingerprint density at radius 2 is 2.28 bits per heavy atom. The van der Waals surface area contributed by atoms with Crippen molar-refractivity contribution in [3.63, 3.8) is 0 Å². The number of aliphatic carboxylic acids is 1. The number of thioether (sulfide) groups is 1. The molecule has 0 aromatic heterocycles. The van der Waals surface area contributed by atoms with Gasteiger partial charge in [-0.25, -0.2) is 4.79 Å². The van der Waals surface area contributed by atoms with Crippen LogP contribution in [0.25, 0.3) is 0 Å². The topological polar surface area (TPSA) is 110 Å². The molecule has 0 spiro atoms. The normalized spacial score (nSPS) is 32.8. The van der Waals surface area contributed by atoms with Crippen molar-refractivity contribution in [1.29, 1.82) is 0 Å². The van der Waals surface area contributed by atoms with Crippen molar-refractivity contribution in [2.45, 2.75) is 24.4 Å². The minimum atomic E-state index is -1.15. The van der Waals surface area contributed by atoms with Crippen molar-refractivity contribution < 1.29 is 24.2 Å². The first kappa shape index (κ1) is 12.9. The molecule has 2 unspecified atom stereocenters. The maximum absolute atomic E-state index is 11.6. The third-order valence-electron chi connectivity index (χ3n) is 2.78. The molecule has 98 valence electrons. The zero-order valence-corrected chi connectivity index (χ0v) is 10.3. The summed E-state index contributed by atoms with van der Waals surface area (Å²) in [4.78, 5) is 34.7. The second kappa shape index (κ2) is 4.62. The van der Waals surface area contributed by atoms with Crippen molar-refractivity contribution in [2.24, 2.45) is 5.73 Å². The molecule has 0 radical (unpaired) electrons. The summed E-state index contributed by atoms with van der Waals surface area (Å²) < 4.78 is 4.68. The van der Waals surface area contributed by atoms with Crippen molar-refractivity contribution in [3.8, 4) is 0 Å². The molecule has 2 aliphatic heterocycles. The van der Waals surface area contributed by atoms with Crippen LogP contribution in [0.5, 0.6) is 0 Å². The van der Waals surface area contributed by atoms with Gasteiger partial charge in [0, 0.05) is 18.2 Å². The van der Waals surface area contributed by atoms with E-state index in [1.165, 1.54) is 23.6 Å². The molecule has 2 aliphatic rings. The monoisotopic (exact) mass is 272 g/mol. The number of ether oxygens (including phenoxy) is 1. The van der Waals surface area contributed by atoms with Crippen LogP contribution >= 0.6 is 11.8 Å². The summed E-state index contributed by atoms with van der Waals surface area (Å²) in [6, 6.07) is -1.74. The average Bonchev–Trinajstić information content (AvgIpc) is 2.33. The molecule has 0 bridgehead atoms. The van der Waals surface area contributed by atoms with Gasteiger partial charge in [-0.3, -0.25) is 9.59 Å². The Balaban J connectivity index is 2.23. The highest BCUT2D eigenvalue weighted by atomic mass is 32.2.